The number of benzene rings is 1. The number of rotatable bonds is 7. The van der Waals surface area contributed by atoms with Crippen LogP contribution < -0.4 is 11.1 Å². The summed E-state index contributed by atoms with van der Waals surface area (Å²) in [5, 5.41) is 20.8. The molecule has 0 aromatic heterocycles. The van der Waals surface area contributed by atoms with Crippen LogP contribution in [0.5, 0.6) is 0 Å². The second-order valence-corrected chi connectivity index (χ2v) is 6.97. The number of nitriles is 1. The smallest absolute Gasteiger partial charge is 0.303 e. The van der Waals surface area contributed by atoms with Gasteiger partial charge in [-0.3, -0.25) is 9.59 Å². The second-order valence-electron chi connectivity index (χ2n) is 6.97. The Morgan fingerprint density at radius 1 is 1.24 bits per heavy atom. The van der Waals surface area contributed by atoms with Crippen LogP contribution in [0, 0.1) is 16.7 Å². The number of aliphatic carboxylic acids is 1. The molecule has 2 rings (SSSR count). The number of nitrogens with one attached hydrogen (secondary N) is 1. The molecule has 0 heterocycles. The Bertz CT molecular complexity index is 643. The van der Waals surface area contributed by atoms with Gasteiger partial charge in [-0.1, -0.05) is 31.4 Å². The number of carboxylic acids is 1. The van der Waals surface area contributed by atoms with Gasteiger partial charge in [0.05, 0.1) is 24.1 Å². The quantitative estimate of drug-likeness (QED) is 0.700. The number of amides is 1. The Hall–Kier alpha value is -2.39. The maximum Gasteiger partial charge on any atom is 0.303 e. The third kappa shape index (κ3) is 5.57. The van der Waals surface area contributed by atoms with Gasteiger partial charge in [0.25, 0.3) is 0 Å². The standard InChI is InChI=1S/C19H25N3O3/c20-12-15-6-4-14(5-7-15)10-16(21)18(25)22-13-19(11-17(23)24)8-2-1-3-9-19/h4-7,16H,1-3,8-11,13,21H2,(H,22,25)(H,23,24)/t16-/m1/s1. The van der Waals surface area contributed by atoms with Crippen molar-refractivity contribution in [1.82, 2.24) is 5.32 Å². The normalized spacial score (nSPS) is 17.3. The molecule has 1 aromatic carbocycles. The summed E-state index contributed by atoms with van der Waals surface area (Å²) in [5.74, 6) is -1.09. The molecule has 1 amide bonds. The fourth-order valence-electron chi connectivity index (χ4n) is 3.51. The molecule has 4 N–H and O–H groups in total. The molecule has 1 aliphatic carbocycles. The van der Waals surface area contributed by atoms with Gasteiger partial charge in [-0.05, 0) is 42.4 Å². The molecule has 0 aliphatic heterocycles. The zero-order valence-electron chi connectivity index (χ0n) is 14.3. The summed E-state index contributed by atoms with van der Waals surface area (Å²) in [7, 11) is 0. The van der Waals surface area contributed by atoms with Crippen molar-refractivity contribution in [2.45, 2.75) is 51.0 Å². The largest absolute Gasteiger partial charge is 0.481 e. The fourth-order valence-corrected chi connectivity index (χ4v) is 3.51. The molecule has 0 radical (unpaired) electrons. The van der Waals surface area contributed by atoms with E-state index in [-0.39, 0.29) is 17.7 Å². The Balaban J connectivity index is 1.90. The molecule has 1 aromatic rings. The van der Waals surface area contributed by atoms with Crippen LogP contribution in [-0.4, -0.2) is 29.6 Å². The van der Waals surface area contributed by atoms with Crippen LogP contribution in [0.15, 0.2) is 24.3 Å². The first kappa shape index (κ1) is 18.9. The minimum atomic E-state index is -0.821. The predicted octanol–water partition coefficient (Wildman–Crippen LogP) is 1.97. The van der Waals surface area contributed by atoms with E-state index in [2.05, 4.69) is 5.32 Å². The maximum atomic E-state index is 12.3. The molecule has 25 heavy (non-hydrogen) atoms. The molecule has 0 bridgehead atoms. The Kier molecular flexibility index (Phi) is 6.54. The zero-order valence-corrected chi connectivity index (χ0v) is 14.3. The van der Waals surface area contributed by atoms with E-state index in [0.717, 1.165) is 37.7 Å². The SMILES string of the molecule is N#Cc1ccc(C[C@@H](N)C(=O)NCC2(CC(=O)O)CCCCC2)cc1. The third-order valence-corrected chi connectivity index (χ3v) is 4.95. The lowest BCUT2D eigenvalue weighted by molar-refractivity contribution is -0.140. The Morgan fingerprint density at radius 3 is 2.44 bits per heavy atom. The van der Waals surface area contributed by atoms with Gasteiger partial charge in [-0.2, -0.15) is 5.26 Å². The summed E-state index contributed by atoms with van der Waals surface area (Å²) in [6.07, 6.45) is 5.23. The van der Waals surface area contributed by atoms with Crippen molar-refractivity contribution in [3.8, 4) is 6.07 Å². The highest BCUT2D eigenvalue weighted by molar-refractivity contribution is 5.82. The Morgan fingerprint density at radius 2 is 1.88 bits per heavy atom. The molecule has 1 saturated carbocycles. The molecule has 0 saturated heterocycles. The monoisotopic (exact) mass is 343 g/mol. The molecule has 0 unspecified atom stereocenters. The number of hydrogen-bond acceptors (Lipinski definition) is 4. The molecule has 1 aliphatic rings. The summed E-state index contributed by atoms with van der Waals surface area (Å²) in [4.78, 5) is 23.5. The molecular formula is C19H25N3O3. The fraction of sp³-hybridized carbons (Fsp3) is 0.526. The van der Waals surface area contributed by atoms with Gasteiger partial charge in [0.15, 0.2) is 0 Å². The van der Waals surface area contributed by atoms with Crippen LogP contribution in [0.25, 0.3) is 0 Å². The molecule has 1 atom stereocenters. The van der Waals surface area contributed by atoms with E-state index in [0.29, 0.717) is 18.5 Å². The summed E-state index contributed by atoms with van der Waals surface area (Å²) in [5.41, 5.74) is 7.09. The molecule has 134 valence electrons. The predicted molar refractivity (Wildman–Crippen MR) is 93.6 cm³/mol. The van der Waals surface area contributed by atoms with Crippen molar-refractivity contribution in [3.63, 3.8) is 0 Å². The summed E-state index contributed by atoms with van der Waals surface area (Å²) < 4.78 is 0. The average Bonchev–Trinajstić information content (AvgIpc) is 2.60. The zero-order chi connectivity index (χ0) is 18.3. The lowest BCUT2D eigenvalue weighted by Gasteiger charge is -2.36. The first-order valence-electron chi connectivity index (χ1n) is 8.68. The van der Waals surface area contributed by atoms with E-state index >= 15 is 0 Å². The highest BCUT2D eigenvalue weighted by Crippen LogP contribution is 2.38. The third-order valence-electron chi connectivity index (χ3n) is 4.95. The van der Waals surface area contributed by atoms with Gasteiger partial charge in [0.1, 0.15) is 0 Å². The van der Waals surface area contributed by atoms with Crippen LogP contribution in [0.2, 0.25) is 0 Å². The minimum Gasteiger partial charge on any atom is -0.481 e. The van der Waals surface area contributed by atoms with Crippen molar-refractivity contribution < 1.29 is 14.7 Å². The number of nitrogens with zero attached hydrogens (tertiary/aromatic N) is 1. The average molecular weight is 343 g/mol. The minimum absolute atomic E-state index is 0.0815. The van der Waals surface area contributed by atoms with Crippen LogP contribution in [0.3, 0.4) is 0 Å². The molecular weight excluding hydrogens is 318 g/mol. The first-order chi connectivity index (χ1) is 11.9. The van der Waals surface area contributed by atoms with Gasteiger partial charge in [0, 0.05) is 6.54 Å². The van der Waals surface area contributed by atoms with Crippen molar-refractivity contribution >= 4 is 11.9 Å². The molecule has 6 heteroatoms. The number of hydrogen-bond donors (Lipinski definition) is 3. The van der Waals surface area contributed by atoms with Gasteiger partial charge in [0.2, 0.25) is 5.91 Å². The summed E-state index contributed by atoms with van der Waals surface area (Å²) >= 11 is 0. The highest BCUT2D eigenvalue weighted by Gasteiger charge is 2.35. The van der Waals surface area contributed by atoms with E-state index in [1.807, 2.05) is 6.07 Å². The van der Waals surface area contributed by atoms with E-state index in [4.69, 9.17) is 11.0 Å². The number of carboxylic acid groups (broad SMARTS) is 1. The lowest BCUT2D eigenvalue weighted by atomic mass is 9.71. The molecule has 1 fully saturated rings. The number of carbonyl (C=O) groups is 2. The van der Waals surface area contributed by atoms with Crippen LogP contribution in [0.4, 0.5) is 0 Å². The highest BCUT2D eigenvalue weighted by atomic mass is 16.4. The van der Waals surface area contributed by atoms with Crippen LogP contribution in [-0.2, 0) is 16.0 Å². The number of carbonyl (C=O) groups excluding carboxylic acids is 1. The first-order valence-corrected chi connectivity index (χ1v) is 8.68. The van der Waals surface area contributed by atoms with Crippen LogP contribution >= 0.6 is 0 Å². The van der Waals surface area contributed by atoms with E-state index in [1.54, 1.807) is 24.3 Å². The van der Waals surface area contributed by atoms with Gasteiger partial charge in [-0.15, -0.1) is 0 Å². The summed E-state index contributed by atoms with van der Waals surface area (Å²) in [6.45, 7) is 0.360. The molecule has 6 nitrogen and oxygen atoms in total. The van der Waals surface area contributed by atoms with Crippen molar-refractivity contribution in [3.05, 3.63) is 35.4 Å². The van der Waals surface area contributed by atoms with Crippen molar-refractivity contribution in [2.24, 2.45) is 11.1 Å². The maximum absolute atomic E-state index is 12.3. The van der Waals surface area contributed by atoms with Gasteiger partial charge < -0.3 is 16.2 Å². The van der Waals surface area contributed by atoms with Gasteiger partial charge >= 0.3 is 5.97 Å². The van der Waals surface area contributed by atoms with E-state index in [1.165, 1.54) is 0 Å². The van der Waals surface area contributed by atoms with Crippen molar-refractivity contribution in [1.29, 1.82) is 5.26 Å². The van der Waals surface area contributed by atoms with Crippen molar-refractivity contribution in [2.75, 3.05) is 6.54 Å². The topological polar surface area (TPSA) is 116 Å². The van der Waals surface area contributed by atoms with E-state index in [9.17, 15) is 14.7 Å². The lowest BCUT2D eigenvalue weighted by Crippen LogP contribution is -2.47. The van der Waals surface area contributed by atoms with E-state index < -0.39 is 12.0 Å². The second kappa shape index (κ2) is 8.63. The Labute approximate surface area is 148 Å². The molecule has 0 spiro atoms. The number of nitrogens with two attached hydrogens (primary N) is 1. The van der Waals surface area contributed by atoms with Crippen LogP contribution in [0.1, 0.15) is 49.7 Å². The van der Waals surface area contributed by atoms with Gasteiger partial charge in [-0.25, -0.2) is 0 Å². The summed E-state index contributed by atoms with van der Waals surface area (Å²) in [6, 6.07) is 8.33.